The number of rotatable bonds is 21. The lowest BCUT2D eigenvalue weighted by molar-refractivity contribution is 0.0816. The molecule has 9 aromatic heterocycles. The van der Waals surface area contributed by atoms with Gasteiger partial charge in [0.05, 0.1) is 65.1 Å². The third-order valence-corrected chi connectivity index (χ3v) is 20.2. The number of likely N-dealkylation sites (N-methyl/N-ethyl adjacent to an activating group) is 1. The number of hydrogen-bond donors (Lipinski definition) is 4. The average molecular weight is 1380 g/mol. The highest BCUT2D eigenvalue weighted by atomic mass is 16.5. The first-order chi connectivity index (χ1) is 49.3. The van der Waals surface area contributed by atoms with Crippen LogP contribution in [0.1, 0.15) is 101 Å². The number of ether oxygens (including phenoxy) is 4. The molecule has 0 aliphatic carbocycles. The van der Waals surface area contributed by atoms with Crippen LogP contribution in [0.3, 0.4) is 0 Å². The monoisotopic (exact) mass is 1380 g/mol. The summed E-state index contributed by atoms with van der Waals surface area (Å²) >= 11 is 0. The van der Waals surface area contributed by atoms with Gasteiger partial charge in [-0.2, -0.15) is 30.2 Å². The van der Waals surface area contributed by atoms with Gasteiger partial charge in [0, 0.05) is 183 Å². The molecule has 0 spiro atoms. The van der Waals surface area contributed by atoms with E-state index >= 15 is 0 Å². The summed E-state index contributed by atoms with van der Waals surface area (Å²) in [6.07, 6.45) is 15.7. The fraction of sp³-hybridized carbons (Fsp3) is 0.432. The number of aryl methyl sites for hydroxylation is 3. The van der Waals surface area contributed by atoms with E-state index in [4.69, 9.17) is 59.0 Å². The summed E-state index contributed by atoms with van der Waals surface area (Å²) < 4.78 is 30.8. The van der Waals surface area contributed by atoms with Crippen LogP contribution in [0.5, 0.6) is 17.6 Å². The number of piperazine rings is 2. The number of amides is 3. The van der Waals surface area contributed by atoms with Crippen molar-refractivity contribution in [3.63, 3.8) is 0 Å². The zero-order chi connectivity index (χ0) is 70.4. The highest BCUT2D eigenvalue weighted by Gasteiger charge is 2.41. The number of aromatic nitrogens is 12. The largest absolute Gasteiger partial charge is 0.471 e. The van der Waals surface area contributed by atoms with Gasteiger partial charge in [-0.15, -0.1) is 0 Å². The van der Waals surface area contributed by atoms with E-state index in [-0.39, 0.29) is 30.4 Å². The van der Waals surface area contributed by atoms with Crippen molar-refractivity contribution in [3.05, 3.63) is 143 Å². The molecular formula is C74H86N20O8. The topological polar surface area (TPSA) is 291 Å². The Morgan fingerprint density at radius 1 is 0.510 bits per heavy atom. The number of carbonyl (C=O) groups excluding carboxylic acids is 3. The molecule has 15 heterocycles. The molecule has 6 aliphatic rings. The summed E-state index contributed by atoms with van der Waals surface area (Å²) in [5.74, 6) is 3.51. The molecule has 0 saturated carbocycles. The maximum atomic E-state index is 14.7. The van der Waals surface area contributed by atoms with Gasteiger partial charge in [0.2, 0.25) is 17.6 Å². The maximum absolute atomic E-state index is 14.7. The van der Waals surface area contributed by atoms with Crippen LogP contribution in [-0.2, 0) is 44.1 Å². The number of piperidine rings is 1. The lowest BCUT2D eigenvalue weighted by Gasteiger charge is -2.35. The van der Waals surface area contributed by atoms with Crippen molar-refractivity contribution in [2.24, 2.45) is 7.05 Å². The molecule has 0 radical (unpaired) electrons. The van der Waals surface area contributed by atoms with Crippen molar-refractivity contribution in [2.75, 3.05) is 123 Å². The number of pyridine rings is 6. The minimum absolute atomic E-state index is 0.0764. The van der Waals surface area contributed by atoms with Crippen LogP contribution in [0.4, 0.5) is 34.9 Å². The predicted octanol–water partition coefficient (Wildman–Crippen LogP) is 7.70. The van der Waals surface area contributed by atoms with Gasteiger partial charge in [0.25, 0.3) is 17.7 Å². The molecule has 6 aliphatic heterocycles. The molecule has 3 fully saturated rings. The first-order valence-electron chi connectivity index (χ1n) is 35.1. The number of anilines is 6. The summed E-state index contributed by atoms with van der Waals surface area (Å²) in [6.45, 7) is 16.9. The van der Waals surface area contributed by atoms with Gasteiger partial charge in [-0.05, 0) is 102 Å². The third-order valence-electron chi connectivity index (χ3n) is 20.2. The number of fused-ring (bicyclic) bond motifs is 3. The Bertz CT molecular complexity index is 4620. The van der Waals surface area contributed by atoms with Crippen LogP contribution in [0, 0.1) is 0 Å². The fourth-order valence-electron chi connectivity index (χ4n) is 14.5. The van der Waals surface area contributed by atoms with E-state index in [1.165, 1.54) is 0 Å². The molecule has 28 heteroatoms. The van der Waals surface area contributed by atoms with E-state index in [1.54, 1.807) is 48.6 Å². The number of aliphatic hydroxyl groups is 1. The lowest BCUT2D eigenvalue weighted by Crippen LogP contribution is -2.48. The van der Waals surface area contributed by atoms with Crippen LogP contribution in [0.25, 0.3) is 33.8 Å². The molecule has 0 aromatic carbocycles. The Labute approximate surface area is 591 Å². The molecule has 4 N–H and O–H groups in total. The van der Waals surface area contributed by atoms with Crippen molar-refractivity contribution >= 4 is 52.6 Å². The third kappa shape index (κ3) is 14.6. The number of carbonyl (C=O) groups is 3. The Morgan fingerprint density at radius 3 is 1.35 bits per heavy atom. The molecule has 3 saturated heterocycles. The van der Waals surface area contributed by atoms with Gasteiger partial charge in [0.15, 0.2) is 0 Å². The smallest absolute Gasteiger partial charge is 0.260 e. The van der Waals surface area contributed by atoms with Crippen molar-refractivity contribution in [2.45, 2.75) is 109 Å². The van der Waals surface area contributed by atoms with Crippen LogP contribution in [-0.4, -0.2) is 208 Å². The first-order valence-corrected chi connectivity index (χ1v) is 35.1. The quantitative estimate of drug-likeness (QED) is 0.0536. The molecule has 9 aromatic rings. The van der Waals surface area contributed by atoms with Gasteiger partial charge in [0.1, 0.15) is 51.7 Å². The molecule has 15 rings (SSSR count). The van der Waals surface area contributed by atoms with Gasteiger partial charge in [-0.3, -0.25) is 33.3 Å². The second kappa shape index (κ2) is 27.8. The second-order valence-corrected chi connectivity index (χ2v) is 28.7. The minimum atomic E-state index is -0.661. The number of methoxy groups -OCH3 is 1. The number of β-amino-alcohol motifs (C(OH)–C–C–N with tert-alkyl or cyclic N) is 1. The van der Waals surface area contributed by atoms with Crippen molar-refractivity contribution in [1.82, 2.24) is 69.0 Å². The normalized spacial score (nSPS) is 19.6. The van der Waals surface area contributed by atoms with Crippen molar-refractivity contribution < 1.29 is 38.4 Å². The Kier molecular flexibility index (Phi) is 18.4. The van der Waals surface area contributed by atoms with Crippen LogP contribution < -0.4 is 44.9 Å². The Morgan fingerprint density at radius 2 is 0.922 bits per heavy atom. The number of hydrogen-bond acceptors (Lipinski definition) is 22. The molecule has 530 valence electrons. The number of nitrogens with one attached hydrogen (secondary N) is 3. The van der Waals surface area contributed by atoms with Crippen LogP contribution in [0.2, 0.25) is 0 Å². The summed E-state index contributed by atoms with van der Waals surface area (Å²) in [7, 11) is 5.68. The molecule has 2 unspecified atom stereocenters. The van der Waals surface area contributed by atoms with Crippen molar-refractivity contribution in [3.8, 4) is 51.4 Å². The van der Waals surface area contributed by atoms with Crippen LogP contribution in [0.15, 0.2) is 110 Å². The van der Waals surface area contributed by atoms with E-state index in [9.17, 15) is 19.5 Å². The van der Waals surface area contributed by atoms with E-state index in [2.05, 4.69) is 66.4 Å². The van der Waals surface area contributed by atoms with Crippen LogP contribution >= 0.6 is 0 Å². The Hall–Kier alpha value is -10.4. The molecule has 3 amide bonds. The lowest BCUT2D eigenvalue weighted by atomic mass is 9.95. The summed E-state index contributed by atoms with van der Waals surface area (Å²) in [4.78, 5) is 83.9. The van der Waals surface area contributed by atoms with Gasteiger partial charge >= 0.3 is 0 Å². The number of aliphatic hydroxyl groups excluding tert-OH is 1. The molecule has 28 nitrogen and oxygen atoms in total. The standard InChI is InChI=1S/C74H86N20O8/c1-72(2)38-47-35-54(63(84-69(47)100-72)90-21-17-53(99-7)18-22-90)66(96)82-61-15-9-12-58(79-61)51-42-76-93(45-51)23-19-73(3)39-48-36-55(64(85-70(48)101-73)91-29-25-87(5)26-30-91)67(97)83-62-16-10-13-59(80-62)52-43-77-94(46-52)24-20-74(4)40-49-37-56(65(86-71(49)102-74)92-31-27-89(28-32-92)33-34-95)68(98)81-60-14-8-11-57(78-60)50-41-75-88(6)44-50/h8-16,35-37,41-46,53,95H,17-34,38-40H2,1-7H3,(H,78,81,98)(H,79,82,96)(H,80,83,97). The fourth-order valence-corrected chi connectivity index (χ4v) is 14.5. The SMILES string of the molecule is COC1CCN(c2nc3c(cc2C(=O)Nc2cccc(-c4cnn(CCC5(C)Cc6cc(C(=O)Nc7cccc(-c8cnn(CCC9(C)Cc%10cc(C(=O)Nc%11cccc(-c%12cnn(C)c%12)n%11)c(N%11CCN(CCO)CC%11)nc%10O9)c8)n7)c(N7CCN(C)CC7)nc6O5)c4)n2)CC(C)(C)O3)CC1. The average Bonchev–Trinajstić information content (AvgIpc) is 1.60. The molecule has 102 heavy (non-hydrogen) atoms. The molecular weight excluding hydrogens is 1300 g/mol. The maximum Gasteiger partial charge on any atom is 0.260 e. The van der Waals surface area contributed by atoms with E-state index < -0.39 is 16.8 Å². The predicted molar refractivity (Wildman–Crippen MR) is 385 cm³/mol. The minimum Gasteiger partial charge on any atom is -0.471 e. The van der Waals surface area contributed by atoms with E-state index in [0.717, 1.165) is 59.3 Å². The Balaban J connectivity index is 0.589. The summed E-state index contributed by atoms with van der Waals surface area (Å²) in [6, 6.07) is 22.4. The van der Waals surface area contributed by atoms with E-state index in [1.807, 2.05) is 103 Å². The van der Waals surface area contributed by atoms with Gasteiger partial charge in [-0.1, -0.05) is 18.2 Å². The summed E-state index contributed by atoms with van der Waals surface area (Å²) in [5.41, 5.74) is 6.55. The second-order valence-electron chi connectivity index (χ2n) is 28.7. The highest BCUT2D eigenvalue weighted by Crippen LogP contribution is 2.43. The zero-order valence-corrected chi connectivity index (χ0v) is 58.7. The van der Waals surface area contributed by atoms with E-state index in [0.29, 0.717) is 190 Å². The van der Waals surface area contributed by atoms with Gasteiger partial charge < -0.3 is 59.6 Å². The van der Waals surface area contributed by atoms with Gasteiger partial charge in [-0.25, -0.2) is 15.0 Å². The first kappa shape index (κ1) is 67.4. The van der Waals surface area contributed by atoms with Crippen molar-refractivity contribution in [1.29, 1.82) is 0 Å². The molecule has 0 bridgehead atoms. The zero-order valence-electron chi connectivity index (χ0n) is 58.7. The molecule has 2 atom stereocenters. The summed E-state index contributed by atoms with van der Waals surface area (Å²) in [5, 5.41) is 32.6. The number of nitrogens with zero attached hydrogens (tertiary/aromatic N) is 17. The highest BCUT2D eigenvalue weighted by molar-refractivity contribution is 6.09.